The van der Waals surface area contributed by atoms with Crippen LogP contribution in [0.1, 0.15) is 46.0 Å². The Morgan fingerprint density at radius 3 is 2.53 bits per heavy atom. The van der Waals surface area contributed by atoms with Crippen molar-refractivity contribution in [1.82, 2.24) is 10.6 Å². The van der Waals surface area contributed by atoms with Crippen molar-refractivity contribution in [2.24, 2.45) is 5.92 Å². The highest BCUT2D eigenvalue weighted by Crippen LogP contribution is 2.37. The van der Waals surface area contributed by atoms with E-state index in [9.17, 15) is 18.0 Å². The van der Waals surface area contributed by atoms with E-state index < -0.39 is 24.2 Å². The summed E-state index contributed by atoms with van der Waals surface area (Å²) in [4.78, 5) is 11.7. The Morgan fingerprint density at radius 2 is 1.95 bits per heavy atom. The Balaban J connectivity index is 2.55. The van der Waals surface area contributed by atoms with Gasteiger partial charge in [-0.25, -0.2) is 0 Å². The van der Waals surface area contributed by atoms with E-state index in [1.54, 1.807) is 6.92 Å². The average Bonchev–Trinajstić information content (AvgIpc) is 2.35. The molecule has 3 atom stereocenters. The first-order valence-electron chi connectivity index (χ1n) is 6.96. The molecule has 0 heterocycles. The number of carbonyl (C=O) groups is 1. The van der Waals surface area contributed by atoms with Gasteiger partial charge in [0, 0.05) is 12.6 Å². The first-order valence-corrected chi connectivity index (χ1v) is 6.96. The number of nitrogens with one attached hydrogen (secondary N) is 2. The highest BCUT2D eigenvalue weighted by Gasteiger charge is 2.45. The summed E-state index contributed by atoms with van der Waals surface area (Å²) in [5.74, 6) is -1.56. The molecular weight excluding hydrogens is 257 g/mol. The second-order valence-corrected chi connectivity index (χ2v) is 5.22. The fourth-order valence-corrected chi connectivity index (χ4v) is 2.52. The van der Waals surface area contributed by atoms with Gasteiger partial charge in [-0.2, -0.15) is 13.2 Å². The number of hydrogen-bond acceptors (Lipinski definition) is 2. The Bertz CT molecular complexity index is 294. The van der Waals surface area contributed by atoms with Gasteiger partial charge in [-0.3, -0.25) is 4.79 Å². The Labute approximate surface area is 112 Å². The average molecular weight is 280 g/mol. The molecule has 0 bridgehead atoms. The molecule has 3 nitrogen and oxygen atoms in total. The van der Waals surface area contributed by atoms with Gasteiger partial charge in [0.05, 0.1) is 12.0 Å². The smallest absolute Gasteiger partial charge is 0.355 e. The first-order chi connectivity index (χ1) is 8.86. The van der Waals surface area contributed by atoms with Crippen LogP contribution in [0.3, 0.4) is 0 Å². The maximum atomic E-state index is 12.9. The van der Waals surface area contributed by atoms with Gasteiger partial charge < -0.3 is 10.6 Å². The Kier molecular flexibility index (Phi) is 6.10. The quantitative estimate of drug-likeness (QED) is 0.813. The molecule has 1 saturated carbocycles. The zero-order chi connectivity index (χ0) is 14.5. The number of hydrogen-bond donors (Lipinski definition) is 2. The van der Waals surface area contributed by atoms with Gasteiger partial charge in [-0.15, -0.1) is 0 Å². The largest absolute Gasteiger partial charge is 0.393 e. The Hall–Kier alpha value is -0.780. The maximum absolute atomic E-state index is 12.9. The predicted molar refractivity (Wildman–Crippen MR) is 67.7 cm³/mol. The zero-order valence-electron chi connectivity index (χ0n) is 11.5. The molecule has 1 rings (SSSR count). The summed E-state index contributed by atoms with van der Waals surface area (Å²) in [6.45, 7) is 4.10. The Morgan fingerprint density at radius 1 is 1.32 bits per heavy atom. The summed E-state index contributed by atoms with van der Waals surface area (Å²) < 4.78 is 38.7. The summed E-state index contributed by atoms with van der Waals surface area (Å²) in [5.41, 5.74) is 0. The summed E-state index contributed by atoms with van der Waals surface area (Å²) in [5, 5.41) is 5.54. The van der Waals surface area contributed by atoms with E-state index >= 15 is 0 Å². The third kappa shape index (κ3) is 5.01. The van der Waals surface area contributed by atoms with Crippen LogP contribution in [0.25, 0.3) is 0 Å². The normalized spacial score (nSPS) is 25.9. The second-order valence-electron chi connectivity index (χ2n) is 5.22. The lowest BCUT2D eigenvalue weighted by Gasteiger charge is -2.35. The van der Waals surface area contributed by atoms with Crippen molar-refractivity contribution in [3.05, 3.63) is 0 Å². The minimum absolute atomic E-state index is 0.157. The van der Waals surface area contributed by atoms with E-state index in [1.807, 2.05) is 6.92 Å². The van der Waals surface area contributed by atoms with Gasteiger partial charge in [-0.1, -0.05) is 19.8 Å². The van der Waals surface area contributed by atoms with Crippen molar-refractivity contribution in [3.8, 4) is 0 Å². The van der Waals surface area contributed by atoms with Gasteiger partial charge in [0.2, 0.25) is 5.91 Å². The van der Waals surface area contributed by atoms with Crippen molar-refractivity contribution in [2.75, 3.05) is 6.54 Å². The van der Waals surface area contributed by atoms with Gasteiger partial charge >= 0.3 is 6.18 Å². The lowest BCUT2D eigenvalue weighted by atomic mass is 9.83. The first kappa shape index (κ1) is 16.3. The molecule has 1 aliphatic carbocycles. The lowest BCUT2D eigenvalue weighted by molar-refractivity contribution is -0.189. The van der Waals surface area contributed by atoms with Gasteiger partial charge in [0.15, 0.2) is 0 Å². The highest BCUT2D eigenvalue weighted by molar-refractivity contribution is 5.81. The minimum Gasteiger partial charge on any atom is -0.355 e. The molecule has 19 heavy (non-hydrogen) atoms. The number of amides is 1. The van der Waals surface area contributed by atoms with E-state index in [-0.39, 0.29) is 12.3 Å². The van der Waals surface area contributed by atoms with Gasteiger partial charge in [-0.05, 0) is 26.2 Å². The van der Waals surface area contributed by atoms with Crippen molar-refractivity contribution >= 4 is 5.91 Å². The summed E-state index contributed by atoms with van der Waals surface area (Å²) in [6.07, 6.45) is -1.34. The number of alkyl halides is 3. The third-order valence-electron chi connectivity index (χ3n) is 3.59. The standard InChI is InChI=1S/C13H23F3N2O/c1-3-8-17-12(19)9(2)18-11-7-5-4-6-10(11)13(14,15)16/h9-11,18H,3-8H2,1-2H3,(H,17,19). The summed E-state index contributed by atoms with van der Waals surface area (Å²) in [6, 6.07) is -1.23. The SMILES string of the molecule is CCCNC(=O)C(C)NC1CCCCC1C(F)(F)F. The molecule has 0 aliphatic heterocycles. The molecule has 6 heteroatoms. The second kappa shape index (κ2) is 7.12. The van der Waals surface area contributed by atoms with Crippen molar-refractivity contribution in [3.63, 3.8) is 0 Å². The highest BCUT2D eigenvalue weighted by atomic mass is 19.4. The van der Waals surface area contributed by atoms with E-state index in [0.717, 1.165) is 12.8 Å². The third-order valence-corrected chi connectivity index (χ3v) is 3.59. The van der Waals surface area contributed by atoms with Crippen LogP contribution in [0.2, 0.25) is 0 Å². The van der Waals surface area contributed by atoms with Crippen LogP contribution in [0.5, 0.6) is 0 Å². The molecule has 3 unspecified atom stereocenters. The van der Waals surface area contributed by atoms with Crippen molar-refractivity contribution < 1.29 is 18.0 Å². The number of carbonyl (C=O) groups excluding carboxylic acids is 1. The molecule has 112 valence electrons. The molecule has 1 fully saturated rings. The van der Waals surface area contributed by atoms with E-state index in [2.05, 4.69) is 10.6 Å². The zero-order valence-corrected chi connectivity index (χ0v) is 11.5. The molecule has 0 aromatic carbocycles. The fraction of sp³-hybridized carbons (Fsp3) is 0.923. The number of rotatable bonds is 5. The monoisotopic (exact) mass is 280 g/mol. The minimum atomic E-state index is -4.18. The van der Waals surface area contributed by atoms with Crippen LogP contribution >= 0.6 is 0 Å². The maximum Gasteiger partial charge on any atom is 0.393 e. The van der Waals surface area contributed by atoms with E-state index in [1.165, 1.54) is 0 Å². The van der Waals surface area contributed by atoms with Crippen LogP contribution in [0, 0.1) is 5.92 Å². The lowest BCUT2D eigenvalue weighted by Crippen LogP contribution is -2.52. The number of halogens is 3. The molecule has 0 saturated heterocycles. The molecule has 0 spiro atoms. The molecule has 1 amide bonds. The predicted octanol–water partition coefficient (Wildman–Crippen LogP) is 2.61. The van der Waals surface area contributed by atoms with Crippen LogP contribution in [0.4, 0.5) is 13.2 Å². The molecular formula is C13H23F3N2O. The van der Waals surface area contributed by atoms with Gasteiger partial charge in [0.1, 0.15) is 0 Å². The van der Waals surface area contributed by atoms with Crippen LogP contribution in [0.15, 0.2) is 0 Å². The van der Waals surface area contributed by atoms with Gasteiger partial charge in [0.25, 0.3) is 0 Å². The van der Waals surface area contributed by atoms with Crippen LogP contribution < -0.4 is 10.6 Å². The van der Waals surface area contributed by atoms with Crippen molar-refractivity contribution in [1.29, 1.82) is 0 Å². The molecule has 2 N–H and O–H groups in total. The molecule has 1 aliphatic rings. The fourth-order valence-electron chi connectivity index (χ4n) is 2.52. The molecule has 0 aromatic heterocycles. The molecule has 0 radical (unpaired) electrons. The van der Waals surface area contributed by atoms with Crippen LogP contribution in [-0.2, 0) is 4.79 Å². The molecule has 0 aromatic rings. The van der Waals surface area contributed by atoms with E-state index in [4.69, 9.17) is 0 Å². The van der Waals surface area contributed by atoms with E-state index in [0.29, 0.717) is 19.4 Å². The van der Waals surface area contributed by atoms with Crippen molar-refractivity contribution in [2.45, 2.75) is 64.2 Å². The summed E-state index contributed by atoms with van der Waals surface area (Å²) >= 11 is 0. The topological polar surface area (TPSA) is 41.1 Å². The summed E-state index contributed by atoms with van der Waals surface area (Å²) in [7, 11) is 0. The van der Waals surface area contributed by atoms with Crippen LogP contribution in [-0.4, -0.2) is 30.7 Å².